The molecule has 1 aromatic carbocycles. The third-order valence-corrected chi connectivity index (χ3v) is 2.90. The molecule has 0 aliphatic rings. The number of amides is 2. The van der Waals surface area contributed by atoms with Crippen LogP contribution in [0.1, 0.15) is 30.5 Å². The molecule has 0 spiro atoms. The standard InChI is InChI=1S/C15H24N2O2/c1-11-6-7-13(12(2)8-11)9-16-14(18)17(5)10-15(3,4)19/h6-8,19H,9-10H2,1-5H3,(H,16,18). The maximum Gasteiger partial charge on any atom is 0.317 e. The summed E-state index contributed by atoms with van der Waals surface area (Å²) in [4.78, 5) is 13.4. The van der Waals surface area contributed by atoms with E-state index in [1.165, 1.54) is 16.0 Å². The highest BCUT2D eigenvalue weighted by Crippen LogP contribution is 2.10. The third kappa shape index (κ3) is 5.30. The Balaban J connectivity index is 2.54. The Kier molecular flexibility index (Phi) is 4.95. The Morgan fingerprint density at radius 3 is 2.53 bits per heavy atom. The van der Waals surface area contributed by atoms with Crippen LogP contribution in [0.15, 0.2) is 18.2 Å². The van der Waals surface area contributed by atoms with Gasteiger partial charge in [-0.2, -0.15) is 0 Å². The van der Waals surface area contributed by atoms with E-state index in [-0.39, 0.29) is 6.03 Å². The number of hydrogen-bond donors (Lipinski definition) is 2. The van der Waals surface area contributed by atoms with Crippen LogP contribution < -0.4 is 5.32 Å². The molecule has 0 aliphatic heterocycles. The van der Waals surface area contributed by atoms with Crippen molar-refractivity contribution in [1.82, 2.24) is 10.2 Å². The monoisotopic (exact) mass is 264 g/mol. The minimum Gasteiger partial charge on any atom is -0.389 e. The van der Waals surface area contributed by atoms with Gasteiger partial charge >= 0.3 is 6.03 Å². The summed E-state index contributed by atoms with van der Waals surface area (Å²) in [6.45, 7) is 8.25. The van der Waals surface area contributed by atoms with E-state index in [4.69, 9.17) is 0 Å². The summed E-state index contributed by atoms with van der Waals surface area (Å²) in [7, 11) is 1.68. The van der Waals surface area contributed by atoms with Gasteiger partial charge < -0.3 is 15.3 Å². The molecule has 2 N–H and O–H groups in total. The van der Waals surface area contributed by atoms with E-state index < -0.39 is 5.60 Å². The average Bonchev–Trinajstić information content (AvgIpc) is 2.25. The van der Waals surface area contributed by atoms with Gasteiger partial charge in [-0.25, -0.2) is 4.79 Å². The number of nitrogens with one attached hydrogen (secondary N) is 1. The minimum atomic E-state index is -0.883. The van der Waals surface area contributed by atoms with Crippen molar-refractivity contribution in [3.8, 4) is 0 Å². The minimum absolute atomic E-state index is 0.179. The van der Waals surface area contributed by atoms with Crippen LogP contribution in [-0.4, -0.2) is 35.2 Å². The number of carbonyl (C=O) groups excluding carboxylic acids is 1. The van der Waals surface area contributed by atoms with Crippen LogP contribution >= 0.6 is 0 Å². The second-order valence-electron chi connectivity index (χ2n) is 5.76. The zero-order valence-electron chi connectivity index (χ0n) is 12.4. The Labute approximate surface area is 115 Å². The number of carbonyl (C=O) groups is 1. The van der Waals surface area contributed by atoms with Gasteiger partial charge in [-0.1, -0.05) is 23.8 Å². The van der Waals surface area contributed by atoms with Crippen LogP contribution in [0.4, 0.5) is 4.79 Å². The summed E-state index contributed by atoms with van der Waals surface area (Å²) < 4.78 is 0. The lowest BCUT2D eigenvalue weighted by molar-refractivity contribution is 0.0531. The molecule has 1 rings (SSSR count). The highest BCUT2D eigenvalue weighted by molar-refractivity contribution is 5.73. The maximum absolute atomic E-state index is 11.9. The van der Waals surface area contributed by atoms with Crippen molar-refractivity contribution < 1.29 is 9.90 Å². The molecule has 2 amide bonds. The smallest absolute Gasteiger partial charge is 0.317 e. The molecule has 4 heteroatoms. The van der Waals surface area contributed by atoms with Crippen molar-refractivity contribution in [1.29, 1.82) is 0 Å². The number of aliphatic hydroxyl groups is 1. The van der Waals surface area contributed by atoms with E-state index in [2.05, 4.69) is 11.4 Å². The SMILES string of the molecule is Cc1ccc(CNC(=O)N(C)CC(C)(C)O)c(C)c1. The summed E-state index contributed by atoms with van der Waals surface area (Å²) >= 11 is 0. The van der Waals surface area contributed by atoms with Gasteiger partial charge in [0, 0.05) is 13.6 Å². The molecule has 0 aromatic heterocycles. The lowest BCUT2D eigenvalue weighted by atomic mass is 10.1. The highest BCUT2D eigenvalue weighted by atomic mass is 16.3. The quantitative estimate of drug-likeness (QED) is 0.876. The zero-order valence-corrected chi connectivity index (χ0v) is 12.4. The van der Waals surface area contributed by atoms with Crippen molar-refractivity contribution in [2.75, 3.05) is 13.6 Å². The molecule has 0 fully saturated rings. The highest BCUT2D eigenvalue weighted by Gasteiger charge is 2.19. The maximum atomic E-state index is 11.9. The Hall–Kier alpha value is -1.55. The van der Waals surface area contributed by atoms with Gasteiger partial charge in [0.2, 0.25) is 0 Å². The van der Waals surface area contributed by atoms with Gasteiger partial charge in [0.1, 0.15) is 0 Å². The van der Waals surface area contributed by atoms with E-state index in [0.717, 1.165) is 5.56 Å². The van der Waals surface area contributed by atoms with E-state index in [1.807, 2.05) is 26.0 Å². The molecular formula is C15H24N2O2. The molecule has 0 saturated carbocycles. The summed E-state index contributed by atoms with van der Waals surface area (Å²) in [5.74, 6) is 0. The van der Waals surface area contributed by atoms with Gasteiger partial charge in [-0.3, -0.25) is 0 Å². The summed E-state index contributed by atoms with van der Waals surface area (Å²) in [6.07, 6.45) is 0. The van der Waals surface area contributed by atoms with E-state index in [0.29, 0.717) is 13.1 Å². The fraction of sp³-hybridized carbons (Fsp3) is 0.533. The summed E-state index contributed by atoms with van der Waals surface area (Å²) in [6, 6.07) is 5.99. The molecule has 19 heavy (non-hydrogen) atoms. The van der Waals surface area contributed by atoms with Crippen LogP contribution in [0, 0.1) is 13.8 Å². The topological polar surface area (TPSA) is 52.6 Å². The van der Waals surface area contributed by atoms with Gasteiger partial charge in [0.05, 0.1) is 12.1 Å². The number of rotatable bonds is 4. The Morgan fingerprint density at radius 2 is 2.00 bits per heavy atom. The molecule has 4 nitrogen and oxygen atoms in total. The average molecular weight is 264 g/mol. The first-order valence-corrected chi connectivity index (χ1v) is 6.46. The Bertz CT molecular complexity index is 450. The van der Waals surface area contributed by atoms with Crippen LogP contribution in [0.25, 0.3) is 0 Å². The summed E-state index contributed by atoms with van der Waals surface area (Å²) in [5.41, 5.74) is 2.61. The van der Waals surface area contributed by atoms with E-state index in [9.17, 15) is 9.90 Å². The van der Waals surface area contributed by atoms with Gasteiger partial charge in [-0.05, 0) is 38.8 Å². The molecule has 0 bridgehead atoms. The van der Waals surface area contributed by atoms with Crippen molar-refractivity contribution in [2.45, 2.75) is 39.8 Å². The first-order valence-electron chi connectivity index (χ1n) is 6.46. The molecule has 0 radical (unpaired) electrons. The summed E-state index contributed by atoms with van der Waals surface area (Å²) in [5, 5.41) is 12.5. The normalized spacial score (nSPS) is 11.3. The number of aryl methyl sites for hydroxylation is 2. The Morgan fingerprint density at radius 1 is 1.37 bits per heavy atom. The molecular weight excluding hydrogens is 240 g/mol. The van der Waals surface area contributed by atoms with Crippen LogP contribution in [-0.2, 0) is 6.54 Å². The van der Waals surface area contributed by atoms with Gasteiger partial charge in [-0.15, -0.1) is 0 Å². The van der Waals surface area contributed by atoms with Crippen molar-refractivity contribution in [2.24, 2.45) is 0 Å². The third-order valence-electron chi connectivity index (χ3n) is 2.90. The lowest BCUT2D eigenvalue weighted by Gasteiger charge is -2.25. The van der Waals surface area contributed by atoms with E-state index in [1.54, 1.807) is 20.9 Å². The van der Waals surface area contributed by atoms with Crippen LogP contribution in [0.3, 0.4) is 0 Å². The number of urea groups is 1. The second kappa shape index (κ2) is 6.06. The molecule has 0 atom stereocenters. The first kappa shape index (κ1) is 15.5. The molecule has 0 aliphatic carbocycles. The zero-order chi connectivity index (χ0) is 14.6. The molecule has 0 saturated heterocycles. The first-order chi connectivity index (χ1) is 8.69. The molecule has 0 unspecified atom stereocenters. The number of likely N-dealkylation sites (N-methyl/N-ethyl adjacent to an activating group) is 1. The van der Waals surface area contributed by atoms with Crippen LogP contribution in [0.5, 0.6) is 0 Å². The van der Waals surface area contributed by atoms with Crippen molar-refractivity contribution in [3.63, 3.8) is 0 Å². The number of benzene rings is 1. The fourth-order valence-corrected chi connectivity index (χ4v) is 2.00. The van der Waals surface area contributed by atoms with E-state index >= 15 is 0 Å². The van der Waals surface area contributed by atoms with Crippen LogP contribution in [0.2, 0.25) is 0 Å². The molecule has 106 valence electrons. The van der Waals surface area contributed by atoms with Gasteiger partial charge in [0.15, 0.2) is 0 Å². The predicted octanol–water partition coefficient (Wildman–Crippen LogP) is 2.22. The number of nitrogens with zero attached hydrogens (tertiary/aromatic N) is 1. The van der Waals surface area contributed by atoms with Crippen molar-refractivity contribution in [3.05, 3.63) is 34.9 Å². The lowest BCUT2D eigenvalue weighted by Crippen LogP contribution is -2.44. The number of hydrogen-bond acceptors (Lipinski definition) is 2. The molecule has 1 aromatic rings. The fourth-order valence-electron chi connectivity index (χ4n) is 2.00. The van der Waals surface area contributed by atoms with Crippen molar-refractivity contribution >= 4 is 6.03 Å². The molecule has 0 heterocycles. The second-order valence-corrected chi connectivity index (χ2v) is 5.76. The largest absolute Gasteiger partial charge is 0.389 e. The predicted molar refractivity (Wildman–Crippen MR) is 77.1 cm³/mol. The van der Waals surface area contributed by atoms with Gasteiger partial charge in [0.25, 0.3) is 0 Å².